The summed E-state index contributed by atoms with van der Waals surface area (Å²) in [5.41, 5.74) is 1.05. The summed E-state index contributed by atoms with van der Waals surface area (Å²) in [5, 5.41) is 6.08. The molecule has 0 bridgehead atoms. The van der Waals surface area contributed by atoms with E-state index in [4.69, 9.17) is 0 Å². The minimum atomic E-state index is -4.28. The van der Waals surface area contributed by atoms with Crippen LogP contribution >= 0.6 is 11.3 Å². The van der Waals surface area contributed by atoms with Crippen LogP contribution in [0.4, 0.5) is 18.9 Å². The summed E-state index contributed by atoms with van der Waals surface area (Å²) >= 11 is 1.59. The molecule has 0 aliphatic heterocycles. The molecule has 2 aromatic rings. The molecule has 1 N–H and O–H groups in total. The summed E-state index contributed by atoms with van der Waals surface area (Å²) < 4.78 is 37.1. The number of aromatic nitrogens is 1. The van der Waals surface area contributed by atoms with Crippen LogP contribution in [0.2, 0.25) is 0 Å². The van der Waals surface area contributed by atoms with Crippen molar-refractivity contribution in [3.05, 3.63) is 45.9 Å². The lowest BCUT2D eigenvalue weighted by Crippen LogP contribution is -2.07. The van der Waals surface area contributed by atoms with Crippen LogP contribution in [0, 0.1) is 6.92 Å². The molecule has 2 nitrogen and oxygen atoms in total. The van der Waals surface area contributed by atoms with Gasteiger partial charge in [-0.1, -0.05) is 0 Å². The maximum Gasteiger partial charge on any atom is 0.416 e. The van der Waals surface area contributed by atoms with Crippen molar-refractivity contribution in [3.63, 3.8) is 0 Å². The fraction of sp³-hybridized carbons (Fsp3) is 0.308. The van der Waals surface area contributed by atoms with Crippen molar-refractivity contribution in [1.82, 2.24) is 4.98 Å². The van der Waals surface area contributed by atoms with Crippen LogP contribution in [0.15, 0.2) is 29.6 Å². The van der Waals surface area contributed by atoms with E-state index in [0.717, 1.165) is 29.3 Å². The molecule has 0 amide bonds. The van der Waals surface area contributed by atoms with Crippen LogP contribution in [-0.4, -0.2) is 11.5 Å². The van der Waals surface area contributed by atoms with Gasteiger partial charge in [0, 0.05) is 29.7 Å². The Balaban J connectivity index is 1.86. The average Bonchev–Trinajstić information content (AvgIpc) is 2.75. The van der Waals surface area contributed by atoms with Gasteiger partial charge in [0.1, 0.15) is 0 Å². The lowest BCUT2D eigenvalue weighted by Gasteiger charge is -2.08. The summed E-state index contributed by atoms with van der Waals surface area (Å²) in [6.07, 6.45) is -3.52. The highest BCUT2D eigenvalue weighted by molar-refractivity contribution is 7.09. The second-order valence-electron chi connectivity index (χ2n) is 4.13. The lowest BCUT2D eigenvalue weighted by atomic mass is 10.2. The van der Waals surface area contributed by atoms with E-state index in [1.165, 1.54) is 12.1 Å². The number of hydrogen-bond acceptors (Lipinski definition) is 3. The molecule has 2 rings (SSSR count). The third-order valence-electron chi connectivity index (χ3n) is 2.55. The molecule has 1 heterocycles. The van der Waals surface area contributed by atoms with Crippen LogP contribution in [0.5, 0.6) is 0 Å². The Morgan fingerprint density at radius 2 is 1.89 bits per heavy atom. The fourth-order valence-corrected chi connectivity index (χ4v) is 2.38. The molecule has 6 heteroatoms. The molecule has 1 aromatic carbocycles. The Bertz CT molecular complexity index is 532. The maximum atomic E-state index is 12.4. The highest BCUT2D eigenvalue weighted by Gasteiger charge is 2.29. The van der Waals surface area contributed by atoms with Gasteiger partial charge >= 0.3 is 6.18 Å². The number of halogens is 3. The molecule has 19 heavy (non-hydrogen) atoms. The van der Waals surface area contributed by atoms with Gasteiger partial charge in [0.2, 0.25) is 0 Å². The maximum absolute atomic E-state index is 12.4. The highest BCUT2D eigenvalue weighted by Crippen LogP contribution is 2.29. The van der Waals surface area contributed by atoms with E-state index >= 15 is 0 Å². The smallest absolute Gasteiger partial charge is 0.385 e. The first kappa shape index (κ1) is 13.9. The van der Waals surface area contributed by atoms with Gasteiger partial charge in [0.05, 0.1) is 10.6 Å². The number of anilines is 1. The zero-order valence-corrected chi connectivity index (χ0v) is 11.1. The standard InChI is InChI=1S/C13H13F3N2S/c1-9-8-19-12(18-9)6-7-17-11-4-2-10(3-5-11)13(14,15)16/h2-5,8,17H,6-7H2,1H3. The van der Waals surface area contributed by atoms with Crippen LogP contribution in [0.3, 0.4) is 0 Å². The fourth-order valence-electron chi connectivity index (χ4n) is 1.61. The number of aryl methyl sites for hydroxylation is 1. The summed E-state index contributed by atoms with van der Waals surface area (Å²) in [5.74, 6) is 0. The zero-order chi connectivity index (χ0) is 13.9. The minimum Gasteiger partial charge on any atom is -0.385 e. The van der Waals surface area contributed by atoms with Crippen molar-refractivity contribution in [3.8, 4) is 0 Å². The Kier molecular flexibility index (Phi) is 4.09. The summed E-state index contributed by atoms with van der Waals surface area (Å²) in [7, 11) is 0. The van der Waals surface area contributed by atoms with Gasteiger partial charge in [0.15, 0.2) is 0 Å². The van der Waals surface area contributed by atoms with E-state index in [0.29, 0.717) is 12.2 Å². The third kappa shape index (κ3) is 3.96. The van der Waals surface area contributed by atoms with Gasteiger partial charge in [-0.3, -0.25) is 0 Å². The molecule has 0 saturated carbocycles. The van der Waals surface area contributed by atoms with Crippen molar-refractivity contribution >= 4 is 17.0 Å². The normalized spacial score (nSPS) is 11.6. The largest absolute Gasteiger partial charge is 0.416 e. The Morgan fingerprint density at radius 3 is 2.42 bits per heavy atom. The van der Waals surface area contributed by atoms with E-state index in [1.807, 2.05) is 12.3 Å². The topological polar surface area (TPSA) is 24.9 Å². The molecule has 1 aromatic heterocycles. The second-order valence-corrected chi connectivity index (χ2v) is 5.08. The van der Waals surface area contributed by atoms with Crippen molar-refractivity contribution < 1.29 is 13.2 Å². The number of alkyl halides is 3. The van der Waals surface area contributed by atoms with E-state index < -0.39 is 11.7 Å². The predicted molar refractivity (Wildman–Crippen MR) is 70.5 cm³/mol. The van der Waals surface area contributed by atoms with E-state index in [-0.39, 0.29) is 0 Å². The molecule has 0 unspecified atom stereocenters. The number of benzene rings is 1. The van der Waals surface area contributed by atoms with E-state index in [2.05, 4.69) is 10.3 Å². The van der Waals surface area contributed by atoms with Crippen molar-refractivity contribution in [2.24, 2.45) is 0 Å². The summed E-state index contributed by atoms with van der Waals surface area (Å²) in [4.78, 5) is 4.32. The molecule has 0 radical (unpaired) electrons. The zero-order valence-electron chi connectivity index (χ0n) is 10.3. The van der Waals surface area contributed by atoms with Crippen LogP contribution < -0.4 is 5.32 Å². The molecular weight excluding hydrogens is 273 g/mol. The number of rotatable bonds is 4. The first-order chi connectivity index (χ1) is 8.95. The van der Waals surface area contributed by atoms with Gasteiger partial charge in [-0.15, -0.1) is 11.3 Å². The highest BCUT2D eigenvalue weighted by atomic mass is 32.1. The SMILES string of the molecule is Cc1csc(CCNc2ccc(C(F)(F)F)cc2)n1. The van der Waals surface area contributed by atoms with Gasteiger partial charge in [-0.2, -0.15) is 13.2 Å². The van der Waals surface area contributed by atoms with Gasteiger partial charge in [-0.25, -0.2) is 4.98 Å². The summed E-state index contributed by atoms with van der Waals surface area (Å²) in [6.45, 7) is 2.58. The minimum absolute atomic E-state index is 0.631. The number of nitrogens with one attached hydrogen (secondary N) is 1. The van der Waals surface area contributed by atoms with Crippen LogP contribution in [-0.2, 0) is 12.6 Å². The van der Waals surface area contributed by atoms with E-state index in [9.17, 15) is 13.2 Å². The monoisotopic (exact) mass is 286 g/mol. The molecule has 0 fully saturated rings. The van der Waals surface area contributed by atoms with Crippen molar-refractivity contribution in [2.75, 3.05) is 11.9 Å². The second kappa shape index (κ2) is 5.61. The van der Waals surface area contributed by atoms with Crippen molar-refractivity contribution in [2.45, 2.75) is 19.5 Å². The molecule has 0 spiro atoms. The Morgan fingerprint density at radius 1 is 1.21 bits per heavy atom. The average molecular weight is 286 g/mol. The van der Waals surface area contributed by atoms with E-state index in [1.54, 1.807) is 11.3 Å². The molecule has 102 valence electrons. The Labute approximate surface area is 113 Å². The third-order valence-corrected chi connectivity index (χ3v) is 3.57. The molecule has 0 atom stereocenters. The van der Waals surface area contributed by atoms with Gasteiger partial charge < -0.3 is 5.32 Å². The Hall–Kier alpha value is -1.56. The molecule has 0 saturated heterocycles. The number of hydrogen-bond donors (Lipinski definition) is 1. The molecule has 0 aliphatic rings. The molecular formula is C13H13F3N2S. The predicted octanol–water partition coefficient (Wildman–Crippen LogP) is 4.12. The van der Waals surface area contributed by atoms with Crippen molar-refractivity contribution in [1.29, 1.82) is 0 Å². The van der Waals surface area contributed by atoms with Crippen LogP contribution in [0.1, 0.15) is 16.3 Å². The quantitative estimate of drug-likeness (QED) is 0.914. The first-order valence-corrected chi connectivity index (χ1v) is 6.65. The molecule has 0 aliphatic carbocycles. The summed E-state index contributed by atoms with van der Waals surface area (Å²) in [6, 6.07) is 5.04. The van der Waals surface area contributed by atoms with Gasteiger partial charge in [-0.05, 0) is 31.2 Å². The number of nitrogens with zero attached hydrogens (tertiary/aromatic N) is 1. The lowest BCUT2D eigenvalue weighted by molar-refractivity contribution is -0.137. The number of thiazole rings is 1. The first-order valence-electron chi connectivity index (χ1n) is 5.77. The van der Waals surface area contributed by atoms with Gasteiger partial charge in [0.25, 0.3) is 0 Å². The van der Waals surface area contributed by atoms with Crippen LogP contribution in [0.25, 0.3) is 0 Å².